The summed E-state index contributed by atoms with van der Waals surface area (Å²) >= 11 is 3.38. The predicted octanol–water partition coefficient (Wildman–Crippen LogP) is 3.41. The van der Waals surface area contributed by atoms with E-state index < -0.39 is 5.54 Å². The second-order valence-corrected chi connectivity index (χ2v) is 6.27. The number of amidine groups is 1. The molecule has 0 bridgehead atoms. The maximum absolute atomic E-state index is 12.3. The van der Waals surface area contributed by atoms with Crippen molar-refractivity contribution in [3.05, 3.63) is 34.3 Å². The lowest BCUT2D eigenvalue weighted by atomic mass is 9.84. The van der Waals surface area contributed by atoms with E-state index in [0.29, 0.717) is 5.84 Å². The number of hydroxylamine groups is 2. The number of hydrogen-bond donors (Lipinski definition) is 0. The zero-order valence-electron chi connectivity index (χ0n) is 10.5. The molecule has 0 saturated heterocycles. The highest BCUT2D eigenvalue weighted by Crippen LogP contribution is 2.38. The van der Waals surface area contributed by atoms with Crippen molar-refractivity contribution in [2.24, 2.45) is 4.99 Å². The molecule has 91 valence electrons. The molecule has 1 radical (unpaired) electrons. The molecular formula is C13H16BrN2O. The molecule has 4 heteroatoms. The summed E-state index contributed by atoms with van der Waals surface area (Å²) in [5.74, 6) is 0.521. The van der Waals surface area contributed by atoms with Gasteiger partial charge in [-0.05, 0) is 39.8 Å². The van der Waals surface area contributed by atoms with Crippen molar-refractivity contribution in [3.63, 3.8) is 0 Å². The van der Waals surface area contributed by atoms with E-state index in [0.717, 1.165) is 15.1 Å². The summed E-state index contributed by atoms with van der Waals surface area (Å²) in [4.78, 5) is 4.57. The van der Waals surface area contributed by atoms with E-state index in [-0.39, 0.29) is 5.54 Å². The summed E-state index contributed by atoms with van der Waals surface area (Å²) in [5, 5.41) is 13.3. The molecule has 0 aliphatic carbocycles. The fraction of sp³-hybridized carbons (Fsp3) is 0.462. The predicted molar refractivity (Wildman–Crippen MR) is 71.4 cm³/mol. The molecular weight excluding hydrogens is 280 g/mol. The summed E-state index contributed by atoms with van der Waals surface area (Å²) in [7, 11) is 0. The number of halogens is 1. The second kappa shape index (κ2) is 3.82. The van der Waals surface area contributed by atoms with Crippen molar-refractivity contribution in [2.75, 3.05) is 0 Å². The fourth-order valence-corrected chi connectivity index (χ4v) is 2.01. The lowest BCUT2D eigenvalue weighted by Crippen LogP contribution is -2.50. The van der Waals surface area contributed by atoms with Crippen LogP contribution in [-0.2, 0) is 5.21 Å². The topological polar surface area (TPSA) is 35.5 Å². The molecule has 0 unspecified atom stereocenters. The van der Waals surface area contributed by atoms with Crippen LogP contribution in [0.2, 0.25) is 0 Å². The quantitative estimate of drug-likeness (QED) is 0.782. The third-order valence-corrected chi connectivity index (χ3v) is 4.21. The molecule has 2 rings (SSSR count). The number of benzene rings is 1. The summed E-state index contributed by atoms with van der Waals surface area (Å²) in [6, 6.07) is 7.66. The van der Waals surface area contributed by atoms with Gasteiger partial charge in [-0.15, -0.1) is 0 Å². The van der Waals surface area contributed by atoms with E-state index in [1.54, 1.807) is 0 Å². The summed E-state index contributed by atoms with van der Waals surface area (Å²) in [6.45, 7) is 7.83. The van der Waals surface area contributed by atoms with E-state index in [1.165, 1.54) is 0 Å². The van der Waals surface area contributed by atoms with Crippen molar-refractivity contribution in [2.45, 2.75) is 38.8 Å². The monoisotopic (exact) mass is 295 g/mol. The van der Waals surface area contributed by atoms with Gasteiger partial charge in [-0.25, -0.2) is 0 Å². The first-order valence-electron chi connectivity index (χ1n) is 5.59. The van der Waals surface area contributed by atoms with Crippen molar-refractivity contribution < 1.29 is 5.21 Å². The average Bonchev–Trinajstić information content (AvgIpc) is 2.40. The fourth-order valence-electron chi connectivity index (χ4n) is 1.74. The highest BCUT2D eigenvalue weighted by atomic mass is 79.9. The SMILES string of the molecule is CC1(C)N=C(c2ccc(Br)cc2)N([O])C1(C)C. The Hall–Kier alpha value is -0.870. The second-order valence-electron chi connectivity index (χ2n) is 5.35. The van der Waals surface area contributed by atoms with Crippen molar-refractivity contribution in [3.8, 4) is 0 Å². The van der Waals surface area contributed by atoms with Gasteiger partial charge in [-0.1, -0.05) is 33.3 Å². The van der Waals surface area contributed by atoms with E-state index >= 15 is 0 Å². The Kier molecular flexibility index (Phi) is 2.83. The number of aliphatic imine (C=N–C) groups is 1. The van der Waals surface area contributed by atoms with Crippen LogP contribution >= 0.6 is 15.9 Å². The van der Waals surface area contributed by atoms with Gasteiger partial charge >= 0.3 is 0 Å². The Balaban J connectivity index is 2.45. The molecule has 1 aromatic carbocycles. The largest absolute Gasteiger partial charge is 0.257 e. The van der Waals surface area contributed by atoms with Gasteiger partial charge in [-0.3, -0.25) is 4.99 Å². The van der Waals surface area contributed by atoms with Gasteiger partial charge < -0.3 is 0 Å². The molecule has 0 atom stereocenters. The molecule has 1 aliphatic heterocycles. The standard InChI is InChI=1S/C13H16BrN2O/c1-12(2)13(3,4)16(17)11(15-12)9-5-7-10(14)8-6-9/h5-8H,1-4H3. The molecule has 17 heavy (non-hydrogen) atoms. The van der Waals surface area contributed by atoms with Crippen LogP contribution in [0.25, 0.3) is 0 Å². The molecule has 1 aromatic rings. The third-order valence-electron chi connectivity index (χ3n) is 3.69. The average molecular weight is 296 g/mol. The molecule has 1 aliphatic rings. The molecule has 1 heterocycles. The molecule has 0 saturated carbocycles. The summed E-state index contributed by atoms with van der Waals surface area (Å²) < 4.78 is 0.996. The molecule has 0 spiro atoms. The smallest absolute Gasteiger partial charge is 0.159 e. The number of rotatable bonds is 1. The first kappa shape index (κ1) is 12.6. The minimum absolute atomic E-state index is 0.378. The zero-order chi connectivity index (χ0) is 12.8. The Morgan fingerprint density at radius 1 is 1.12 bits per heavy atom. The highest BCUT2D eigenvalue weighted by Gasteiger charge is 2.49. The maximum atomic E-state index is 12.3. The number of nitrogens with zero attached hydrogens (tertiary/aromatic N) is 2. The van der Waals surface area contributed by atoms with Gasteiger partial charge in [0.25, 0.3) is 0 Å². The maximum Gasteiger partial charge on any atom is 0.159 e. The van der Waals surface area contributed by atoms with Crippen LogP contribution in [-0.4, -0.2) is 22.0 Å². The minimum Gasteiger partial charge on any atom is -0.257 e. The van der Waals surface area contributed by atoms with Crippen LogP contribution in [0.15, 0.2) is 33.7 Å². The normalized spacial score (nSPS) is 21.5. The molecule has 0 amide bonds. The van der Waals surface area contributed by atoms with Gasteiger partial charge in [0.2, 0.25) is 0 Å². The lowest BCUT2D eigenvalue weighted by molar-refractivity contribution is -0.158. The van der Waals surface area contributed by atoms with Crippen LogP contribution < -0.4 is 0 Å². The zero-order valence-corrected chi connectivity index (χ0v) is 12.1. The van der Waals surface area contributed by atoms with E-state index in [4.69, 9.17) is 0 Å². The van der Waals surface area contributed by atoms with Crippen molar-refractivity contribution in [1.82, 2.24) is 5.06 Å². The van der Waals surface area contributed by atoms with Crippen LogP contribution in [0, 0.1) is 0 Å². The van der Waals surface area contributed by atoms with Crippen LogP contribution in [0.3, 0.4) is 0 Å². The van der Waals surface area contributed by atoms with Crippen LogP contribution in [0.1, 0.15) is 33.3 Å². The molecule has 0 fully saturated rings. The van der Waals surface area contributed by atoms with E-state index in [9.17, 15) is 5.21 Å². The molecule has 3 nitrogen and oxygen atoms in total. The van der Waals surface area contributed by atoms with Gasteiger partial charge in [0, 0.05) is 10.0 Å². The Bertz CT molecular complexity index is 463. The van der Waals surface area contributed by atoms with E-state index in [1.807, 2.05) is 52.0 Å². The summed E-state index contributed by atoms with van der Waals surface area (Å²) in [5.41, 5.74) is -0.0334. The number of hydrogen-bond acceptors (Lipinski definition) is 2. The Morgan fingerprint density at radius 3 is 2.06 bits per heavy atom. The summed E-state index contributed by atoms with van der Waals surface area (Å²) in [6.07, 6.45) is 0. The lowest BCUT2D eigenvalue weighted by Gasteiger charge is -2.35. The molecule has 0 N–H and O–H groups in total. The Labute approximate surface area is 110 Å². The van der Waals surface area contributed by atoms with Crippen LogP contribution in [0.5, 0.6) is 0 Å². The third kappa shape index (κ3) is 1.89. The van der Waals surface area contributed by atoms with Crippen molar-refractivity contribution >= 4 is 21.8 Å². The minimum atomic E-state index is -0.518. The molecule has 0 aromatic heterocycles. The van der Waals surface area contributed by atoms with Gasteiger partial charge in [0.1, 0.15) is 0 Å². The van der Waals surface area contributed by atoms with Gasteiger partial charge in [-0.2, -0.15) is 5.06 Å². The van der Waals surface area contributed by atoms with E-state index in [2.05, 4.69) is 20.9 Å². The first-order chi connectivity index (χ1) is 7.75. The highest BCUT2D eigenvalue weighted by molar-refractivity contribution is 9.10. The van der Waals surface area contributed by atoms with Gasteiger partial charge in [0.05, 0.1) is 11.1 Å². The first-order valence-corrected chi connectivity index (χ1v) is 6.38. The Morgan fingerprint density at radius 2 is 1.65 bits per heavy atom. The van der Waals surface area contributed by atoms with Crippen molar-refractivity contribution in [1.29, 1.82) is 0 Å². The van der Waals surface area contributed by atoms with Crippen LogP contribution in [0.4, 0.5) is 0 Å². The van der Waals surface area contributed by atoms with Gasteiger partial charge in [0.15, 0.2) is 5.84 Å².